The number of hydrogen-bond donors (Lipinski definition) is 2. The molecule has 1 atom stereocenters. The van der Waals surface area contributed by atoms with Crippen molar-refractivity contribution in [2.24, 2.45) is 5.92 Å². The van der Waals surface area contributed by atoms with Crippen LogP contribution in [0.5, 0.6) is 0 Å². The molecule has 2 N–H and O–H groups in total. The van der Waals surface area contributed by atoms with Crippen LogP contribution in [0.4, 0.5) is 0 Å². The Morgan fingerprint density at radius 3 is 2.16 bits per heavy atom. The van der Waals surface area contributed by atoms with Gasteiger partial charge in [-0.15, -0.1) is 0 Å². The second kappa shape index (κ2) is 6.25. The molecule has 1 unspecified atom stereocenters. The Morgan fingerprint density at radius 1 is 1.21 bits per heavy atom. The molecular formula is C16H32N2O. The number of hydrogen-bond acceptors (Lipinski definition) is 2. The Hall–Kier alpha value is -0.570. The van der Waals surface area contributed by atoms with Crippen LogP contribution in [0.1, 0.15) is 73.6 Å². The van der Waals surface area contributed by atoms with Crippen LogP contribution >= 0.6 is 0 Å². The minimum absolute atomic E-state index is 0.0894. The standard InChI is InChI=1S/C16H32N2O/c1-7-9-12(8-2)14(19)17-13-10-15(3,4)18-16(5,6)11-13/h12-13,18H,7-11H2,1-6H3,(H,17,19). The summed E-state index contributed by atoms with van der Waals surface area (Å²) in [6.07, 6.45) is 5.03. The molecule has 0 bridgehead atoms. The monoisotopic (exact) mass is 268 g/mol. The van der Waals surface area contributed by atoms with Gasteiger partial charge in [0.25, 0.3) is 0 Å². The van der Waals surface area contributed by atoms with Crippen molar-refractivity contribution < 1.29 is 4.79 Å². The van der Waals surface area contributed by atoms with Crippen molar-refractivity contribution in [1.29, 1.82) is 0 Å². The molecule has 0 aliphatic carbocycles. The summed E-state index contributed by atoms with van der Waals surface area (Å²) in [6, 6.07) is 0.296. The Kier molecular flexibility index (Phi) is 5.43. The van der Waals surface area contributed by atoms with E-state index in [9.17, 15) is 4.79 Å². The molecule has 3 heteroatoms. The summed E-state index contributed by atoms with van der Waals surface area (Å²) < 4.78 is 0. The molecule has 0 aromatic heterocycles. The molecule has 1 amide bonds. The van der Waals surface area contributed by atoms with Crippen LogP contribution in [0.15, 0.2) is 0 Å². The molecule has 1 rings (SSSR count). The highest BCUT2D eigenvalue weighted by atomic mass is 16.1. The molecule has 112 valence electrons. The van der Waals surface area contributed by atoms with Crippen molar-refractivity contribution in [2.45, 2.75) is 90.8 Å². The van der Waals surface area contributed by atoms with Gasteiger partial charge in [-0.3, -0.25) is 4.79 Å². The lowest BCUT2D eigenvalue weighted by molar-refractivity contribution is -0.126. The summed E-state index contributed by atoms with van der Waals surface area (Å²) in [4.78, 5) is 12.3. The average Bonchev–Trinajstić information content (AvgIpc) is 2.20. The lowest BCUT2D eigenvalue weighted by atomic mass is 9.79. The first-order valence-electron chi connectivity index (χ1n) is 7.79. The minimum Gasteiger partial charge on any atom is -0.353 e. The highest BCUT2D eigenvalue weighted by Gasteiger charge is 2.38. The minimum atomic E-state index is 0.0894. The van der Waals surface area contributed by atoms with Gasteiger partial charge in [0.2, 0.25) is 5.91 Å². The van der Waals surface area contributed by atoms with Crippen molar-refractivity contribution in [3.63, 3.8) is 0 Å². The summed E-state index contributed by atoms with van der Waals surface area (Å²) in [5.41, 5.74) is 0.179. The molecule has 1 aliphatic rings. The van der Waals surface area contributed by atoms with Crippen LogP contribution in [-0.2, 0) is 4.79 Å². The lowest BCUT2D eigenvalue weighted by Gasteiger charge is -2.46. The van der Waals surface area contributed by atoms with Crippen LogP contribution in [0.25, 0.3) is 0 Å². The van der Waals surface area contributed by atoms with E-state index in [-0.39, 0.29) is 22.9 Å². The summed E-state index contributed by atoms with van der Waals surface area (Å²) in [6.45, 7) is 13.1. The average molecular weight is 268 g/mol. The molecule has 0 saturated carbocycles. The fourth-order valence-corrected chi connectivity index (χ4v) is 3.61. The van der Waals surface area contributed by atoms with Gasteiger partial charge < -0.3 is 10.6 Å². The predicted molar refractivity (Wildman–Crippen MR) is 81.1 cm³/mol. The Balaban J connectivity index is 2.63. The summed E-state index contributed by atoms with van der Waals surface area (Å²) in [5.74, 6) is 0.439. The molecular weight excluding hydrogens is 236 g/mol. The van der Waals surface area contributed by atoms with E-state index < -0.39 is 0 Å². The van der Waals surface area contributed by atoms with Crippen molar-refractivity contribution >= 4 is 5.91 Å². The van der Waals surface area contributed by atoms with Crippen molar-refractivity contribution in [3.8, 4) is 0 Å². The zero-order valence-electron chi connectivity index (χ0n) is 13.6. The third kappa shape index (κ3) is 5.13. The first-order valence-corrected chi connectivity index (χ1v) is 7.79. The summed E-state index contributed by atoms with van der Waals surface area (Å²) in [5, 5.41) is 6.94. The normalized spacial score (nSPS) is 23.9. The topological polar surface area (TPSA) is 41.1 Å². The van der Waals surface area contributed by atoms with Gasteiger partial charge in [-0.05, 0) is 53.4 Å². The predicted octanol–water partition coefficient (Wildman–Crippen LogP) is 3.24. The van der Waals surface area contributed by atoms with Gasteiger partial charge in [0.15, 0.2) is 0 Å². The number of amides is 1. The molecule has 1 aliphatic heterocycles. The Morgan fingerprint density at radius 2 is 1.74 bits per heavy atom. The molecule has 0 aromatic rings. The maximum atomic E-state index is 12.3. The summed E-state index contributed by atoms with van der Waals surface area (Å²) in [7, 11) is 0. The van der Waals surface area contributed by atoms with Crippen molar-refractivity contribution in [1.82, 2.24) is 10.6 Å². The molecule has 1 heterocycles. The maximum absolute atomic E-state index is 12.3. The van der Waals surface area contributed by atoms with Gasteiger partial charge in [-0.2, -0.15) is 0 Å². The largest absolute Gasteiger partial charge is 0.353 e. The molecule has 3 nitrogen and oxygen atoms in total. The number of carbonyl (C=O) groups excluding carboxylic acids is 1. The lowest BCUT2D eigenvalue weighted by Crippen LogP contribution is -2.62. The molecule has 0 spiro atoms. The molecule has 1 saturated heterocycles. The third-order valence-electron chi connectivity index (χ3n) is 4.04. The van der Waals surface area contributed by atoms with E-state index in [4.69, 9.17) is 0 Å². The molecule has 1 fully saturated rings. The second-order valence-electron chi connectivity index (χ2n) is 7.40. The van der Waals surface area contributed by atoms with Gasteiger partial charge in [0.05, 0.1) is 0 Å². The van der Waals surface area contributed by atoms with Crippen LogP contribution < -0.4 is 10.6 Å². The maximum Gasteiger partial charge on any atom is 0.223 e. The van der Waals surface area contributed by atoms with Crippen LogP contribution in [0.3, 0.4) is 0 Å². The summed E-state index contributed by atoms with van der Waals surface area (Å²) >= 11 is 0. The van der Waals surface area contributed by atoms with E-state index in [0.29, 0.717) is 6.04 Å². The van der Waals surface area contributed by atoms with Gasteiger partial charge in [0, 0.05) is 23.0 Å². The van der Waals surface area contributed by atoms with Crippen LogP contribution in [0.2, 0.25) is 0 Å². The van der Waals surface area contributed by atoms with E-state index in [1.54, 1.807) is 0 Å². The highest BCUT2D eigenvalue weighted by Crippen LogP contribution is 2.28. The van der Waals surface area contributed by atoms with Gasteiger partial charge in [0.1, 0.15) is 0 Å². The molecule has 0 aromatic carbocycles. The van der Waals surface area contributed by atoms with Gasteiger partial charge >= 0.3 is 0 Å². The van der Waals surface area contributed by atoms with E-state index in [0.717, 1.165) is 32.1 Å². The second-order valence-corrected chi connectivity index (χ2v) is 7.40. The number of piperidine rings is 1. The fourth-order valence-electron chi connectivity index (χ4n) is 3.61. The van der Waals surface area contributed by atoms with Crippen molar-refractivity contribution in [2.75, 3.05) is 0 Å². The van der Waals surface area contributed by atoms with Crippen LogP contribution in [0, 0.1) is 5.92 Å². The van der Waals surface area contributed by atoms with E-state index in [1.807, 2.05) is 0 Å². The number of nitrogens with one attached hydrogen (secondary N) is 2. The van der Waals surface area contributed by atoms with Gasteiger partial charge in [-0.1, -0.05) is 20.3 Å². The smallest absolute Gasteiger partial charge is 0.223 e. The number of rotatable bonds is 5. The van der Waals surface area contributed by atoms with E-state index >= 15 is 0 Å². The highest BCUT2D eigenvalue weighted by molar-refractivity contribution is 5.78. The Labute approximate surface area is 118 Å². The number of carbonyl (C=O) groups is 1. The van der Waals surface area contributed by atoms with Crippen LogP contribution in [-0.4, -0.2) is 23.0 Å². The Bertz CT molecular complexity index is 294. The van der Waals surface area contributed by atoms with Gasteiger partial charge in [-0.25, -0.2) is 0 Å². The van der Waals surface area contributed by atoms with Crippen molar-refractivity contribution in [3.05, 3.63) is 0 Å². The van der Waals surface area contributed by atoms with E-state index in [1.165, 1.54) is 0 Å². The first-order chi connectivity index (χ1) is 8.69. The zero-order chi connectivity index (χ0) is 14.7. The first kappa shape index (κ1) is 16.5. The quantitative estimate of drug-likeness (QED) is 0.803. The molecule has 0 radical (unpaired) electrons. The zero-order valence-corrected chi connectivity index (χ0v) is 13.6. The molecule has 19 heavy (non-hydrogen) atoms. The van der Waals surface area contributed by atoms with E-state index in [2.05, 4.69) is 52.2 Å². The fraction of sp³-hybridized carbons (Fsp3) is 0.938. The third-order valence-corrected chi connectivity index (χ3v) is 4.04. The SMILES string of the molecule is CCCC(CC)C(=O)NC1CC(C)(C)NC(C)(C)C1.